The number of methoxy groups -OCH3 is 1. The quantitative estimate of drug-likeness (QED) is 0.464. The first-order chi connectivity index (χ1) is 14.8. The molecule has 168 valence electrons. The maximum atomic E-state index is 13.2. The van der Waals surface area contributed by atoms with Gasteiger partial charge >= 0.3 is 0 Å². The molecular formula is C24H31BrN2O3S. The number of carbonyl (C=O) groups excluding carboxylic acids is 2. The van der Waals surface area contributed by atoms with Gasteiger partial charge < -0.3 is 15.0 Å². The van der Waals surface area contributed by atoms with Gasteiger partial charge in [-0.05, 0) is 55.7 Å². The molecule has 0 aliphatic heterocycles. The Morgan fingerprint density at radius 1 is 1.13 bits per heavy atom. The summed E-state index contributed by atoms with van der Waals surface area (Å²) in [6, 6.07) is 15.2. The summed E-state index contributed by atoms with van der Waals surface area (Å²) in [6.07, 6.45) is 0.547. The van der Waals surface area contributed by atoms with Crippen molar-refractivity contribution >= 4 is 39.5 Å². The summed E-state index contributed by atoms with van der Waals surface area (Å²) >= 11 is 4.99. The SMILES string of the molecule is CC[C@@H](C(=O)NC(C)C)N(Cc1cccc(OC)c1)C(=O)CSCc1ccc(Br)cc1. The number of benzene rings is 2. The molecule has 2 aromatic rings. The normalized spacial score (nSPS) is 11.8. The predicted octanol–water partition coefficient (Wildman–Crippen LogP) is 5.02. The molecule has 0 aliphatic rings. The Morgan fingerprint density at radius 2 is 1.84 bits per heavy atom. The van der Waals surface area contributed by atoms with Crippen molar-refractivity contribution in [2.75, 3.05) is 12.9 Å². The van der Waals surface area contributed by atoms with Crippen LogP contribution in [0.3, 0.4) is 0 Å². The summed E-state index contributed by atoms with van der Waals surface area (Å²) in [5.74, 6) is 1.61. The number of hydrogen-bond donors (Lipinski definition) is 1. The summed E-state index contributed by atoms with van der Waals surface area (Å²) < 4.78 is 6.35. The van der Waals surface area contributed by atoms with Gasteiger partial charge in [0.15, 0.2) is 0 Å². The Bertz CT molecular complexity index is 858. The maximum Gasteiger partial charge on any atom is 0.243 e. The third-order valence-corrected chi connectivity index (χ3v) is 6.23. The van der Waals surface area contributed by atoms with Crippen LogP contribution in [0.4, 0.5) is 0 Å². The van der Waals surface area contributed by atoms with Gasteiger partial charge in [-0.2, -0.15) is 0 Å². The molecule has 2 amide bonds. The van der Waals surface area contributed by atoms with E-state index in [0.717, 1.165) is 27.1 Å². The fourth-order valence-corrected chi connectivity index (χ4v) is 4.32. The van der Waals surface area contributed by atoms with E-state index in [4.69, 9.17) is 4.74 Å². The third-order valence-electron chi connectivity index (χ3n) is 4.71. The minimum Gasteiger partial charge on any atom is -0.497 e. The van der Waals surface area contributed by atoms with Gasteiger partial charge in [-0.1, -0.05) is 47.1 Å². The van der Waals surface area contributed by atoms with E-state index in [1.165, 1.54) is 0 Å². The van der Waals surface area contributed by atoms with E-state index in [2.05, 4.69) is 21.2 Å². The van der Waals surface area contributed by atoms with Gasteiger partial charge in [-0.3, -0.25) is 9.59 Å². The predicted molar refractivity (Wildman–Crippen MR) is 131 cm³/mol. The van der Waals surface area contributed by atoms with Crippen LogP contribution >= 0.6 is 27.7 Å². The van der Waals surface area contributed by atoms with Gasteiger partial charge in [0.25, 0.3) is 0 Å². The minimum absolute atomic E-state index is 0.0158. The molecule has 1 N–H and O–H groups in total. The minimum atomic E-state index is -0.519. The highest BCUT2D eigenvalue weighted by Gasteiger charge is 2.28. The molecule has 1 atom stereocenters. The van der Waals surface area contributed by atoms with E-state index >= 15 is 0 Å². The second-order valence-corrected chi connectivity index (χ2v) is 9.48. The number of amides is 2. The number of rotatable bonds is 11. The van der Waals surface area contributed by atoms with Gasteiger partial charge in [0.05, 0.1) is 12.9 Å². The van der Waals surface area contributed by atoms with Crippen molar-refractivity contribution in [3.8, 4) is 5.75 Å². The molecule has 0 saturated heterocycles. The van der Waals surface area contributed by atoms with Crippen molar-refractivity contribution in [2.24, 2.45) is 0 Å². The molecule has 0 radical (unpaired) electrons. The summed E-state index contributed by atoms with van der Waals surface area (Å²) in [5.41, 5.74) is 2.09. The van der Waals surface area contributed by atoms with Crippen molar-refractivity contribution in [3.05, 3.63) is 64.1 Å². The molecule has 5 nitrogen and oxygen atoms in total. The number of halogens is 1. The first-order valence-electron chi connectivity index (χ1n) is 10.4. The van der Waals surface area contributed by atoms with E-state index in [1.54, 1.807) is 23.8 Å². The summed E-state index contributed by atoms with van der Waals surface area (Å²) in [5, 5.41) is 2.96. The first kappa shape index (κ1) is 25.3. The Morgan fingerprint density at radius 3 is 2.45 bits per heavy atom. The molecule has 0 fully saturated rings. The van der Waals surface area contributed by atoms with Gasteiger partial charge in [0.1, 0.15) is 11.8 Å². The Kier molecular flexibility index (Phi) is 10.4. The fraction of sp³-hybridized carbons (Fsp3) is 0.417. The van der Waals surface area contributed by atoms with Crippen LogP contribution in [0.15, 0.2) is 53.0 Å². The zero-order valence-corrected chi connectivity index (χ0v) is 21.0. The van der Waals surface area contributed by atoms with Gasteiger partial charge in [-0.25, -0.2) is 0 Å². The second kappa shape index (κ2) is 12.8. The monoisotopic (exact) mass is 506 g/mol. The highest BCUT2D eigenvalue weighted by molar-refractivity contribution is 9.10. The third kappa shape index (κ3) is 8.22. The van der Waals surface area contributed by atoms with Crippen LogP contribution in [-0.4, -0.2) is 41.7 Å². The smallest absolute Gasteiger partial charge is 0.243 e. The van der Waals surface area contributed by atoms with Gasteiger partial charge in [0.2, 0.25) is 11.8 Å². The molecule has 0 bridgehead atoms. The Hall–Kier alpha value is -1.99. The number of nitrogens with zero attached hydrogens (tertiary/aromatic N) is 1. The van der Waals surface area contributed by atoms with Crippen molar-refractivity contribution < 1.29 is 14.3 Å². The topological polar surface area (TPSA) is 58.6 Å². The number of hydrogen-bond acceptors (Lipinski definition) is 4. The van der Waals surface area contributed by atoms with Crippen LogP contribution < -0.4 is 10.1 Å². The highest BCUT2D eigenvalue weighted by atomic mass is 79.9. The number of thioether (sulfide) groups is 1. The van der Waals surface area contributed by atoms with Crippen molar-refractivity contribution in [3.63, 3.8) is 0 Å². The van der Waals surface area contributed by atoms with E-state index in [0.29, 0.717) is 18.7 Å². The lowest BCUT2D eigenvalue weighted by atomic mass is 10.1. The molecule has 0 heterocycles. The molecule has 0 aliphatic carbocycles. The fourth-order valence-electron chi connectivity index (χ4n) is 3.19. The largest absolute Gasteiger partial charge is 0.497 e. The zero-order chi connectivity index (χ0) is 22.8. The van der Waals surface area contributed by atoms with Gasteiger partial charge in [-0.15, -0.1) is 11.8 Å². The van der Waals surface area contributed by atoms with Crippen LogP contribution in [0, 0.1) is 0 Å². The highest BCUT2D eigenvalue weighted by Crippen LogP contribution is 2.20. The lowest BCUT2D eigenvalue weighted by molar-refractivity contribution is -0.139. The van der Waals surface area contributed by atoms with E-state index in [9.17, 15) is 9.59 Å². The molecule has 0 saturated carbocycles. The van der Waals surface area contributed by atoms with E-state index < -0.39 is 6.04 Å². The zero-order valence-electron chi connectivity index (χ0n) is 18.6. The Balaban J connectivity index is 2.14. The number of carbonyl (C=O) groups is 2. The maximum absolute atomic E-state index is 13.2. The van der Waals surface area contributed by atoms with Crippen LogP contribution in [0.5, 0.6) is 5.75 Å². The van der Waals surface area contributed by atoms with Crippen molar-refractivity contribution in [1.82, 2.24) is 10.2 Å². The molecule has 31 heavy (non-hydrogen) atoms. The second-order valence-electron chi connectivity index (χ2n) is 7.58. The first-order valence-corrected chi connectivity index (χ1v) is 12.3. The molecule has 0 unspecified atom stereocenters. The summed E-state index contributed by atoms with van der Waals surface area (Å²) in [7, 11) is 1.62. The molecule has 2 aromatic carbocycles. The van der Waals surface area contributed by atoms with E-state index in [-0.39, 0.29) is 17.9 Å². The van der Waals surface area contributed by atoms with Crippen molar-refractivity contribution in [2.45, 2.75) is 51.6 Å². The Labute approximate surface area is 198 Å². The molecular weight excluding hydrogens is 476 g/mol. The lowest BCUT2D eigenvalue weighted by Crippen LogP contribution is -2.50. The lowest BCUT2D eigenvalue weighted by Gasteiger charge is -2.31. The van der Waals surface area contributed by atoms with Crippen LogP contribution in [-0.2, 0) is 21.9 Å². The van der Waals surface area contributed by atoms with Crippen molar-refractivity contribution in [1.29, 1.82) is 0 Å². The van der Waals surface area contributed by atoms with Gasteiger partial charge in [0, 0.05) is 22.8 Å². The molecule has 7 heteroatoms. The van der Waals surface area contributed by atoms with Crippen LogP contribution in [0.1, 0.15) is 38.3 Å². The molecule has 2 rings (SSSR count). The molecule has 0 spiro atoms. The summed E-state index contributed by atoms with van der Waals surface area (Å²) in [4.78, 5) is 27.7. The number of nitrogens with one attached hydrogen (secondary N) is 1. The number of ether oxygens (including phenoxy) is 1. The van der Waals surface area contributed by atoms with Crippen LogP contribution in [0.2, 0.25) is 0 Å². The average Bonchev–Trinajstić information content (AvgIpc) is 2.74. The summed E-state index contributed by atoms with van der Waals surface area (Å²) in [6.45, 7) is 6.14. The van der Waals surface area contributed by atoms with Crippen LogP contribution in [0.25, 0.3) is 0 Å². The standard InChI is InChI=1S/C24H31BrN2O3S/c1-5-22(24(29)26-17(2)3)27(14-19-7-6-8-21(13-19)30-4)23(28)16-31-15-18-9-11-20(25)12-10-18/h6-13,17,22H,5,14-16H2,1-4H3,(H,26,29)/t22-/m0/s1. The van der Waals surface area contributed by atoms with E-state index in [1.807, 2.05) is 69.3 Å². The average molecular weight is 507 g/mol. The molecule has 0 aromatic heterocycles.